The zero-order chi connectivity index (χ0) is 8.27. The Bertz CT molecular complexity index is 277. The summed E-state index contributed by atoms with van der Waals surface area (Å²) in [6.07, 6.45) is 0. The van der Waals surface area contributed by atoms with Crippen LogP contribution in [0.25, 0.3) is 0 Å². The molecule has 0 spiro atoms. The maximum Gasteiger partial charge on any atom is 0.379 e. The van der Waals surface area contributed by atoms with E-state index in [4.69, 9.17) is 9.57 Å². The molecule has 0 unspecified atom stereocenters. The van der Waals surface area contributed by atoms with Gasteiger partial charge in [-0.1, -0.05) is 4.73 Å². The first-order chi connectivity index (χ1) is 5.29. The lowest BCUT2D eigenvalue weighted by molar-refractivity contribution is 0.0915. The van der Waals surface area contributed by atoms with E-state index in [9.17, 15) is 4.79 Å². The zero-order valence-electron chi connectivity index (χ0n) is 6.33. The highest BCUT2D eigenvalue weighted by Gasteiger charge is 2.06. The molecule has 1 heterocycles. The predicted molar refractivity (Wildman–Crippen MR) is 36.5 cm³/mol. The third-order valence-electron chi connectivity index (χ3n) is 1.05. The summed E-state index contributed by atoms with van der Waals surface area (Å²) >= 11 is 0. The fraction of sp³-hybridized carbons (Fsp3) is 0.600. The van der Waals surface area contributed by atoms with E-state index >= 15 is 0 Å². The Hall–Kier alpha value is -1.46. The fourth-order valence-electron chi connectivity index (χ4n) is 0.645. The minimum absolute atomic E-state index is 0.122. The number of ether oxygens (including phenoxy) is 1. The van der Waals surface area contributed by atoms with Crippen LogP contribution in [0.5, 0.6) is 6.01 Å². The van der Waals surface area contributed by atoms with Crippen LogP contribution in [0.1, 0.15) is 6.92 Å². The smallest absolute Gasteiger partial charge is 0.379 e. The predicted octanol–water partition coefficient (Wildman–Crippen LogP) is -0.972. The number of aromatic amines is 1. The van der Waals surface area contributed by atoms with Gasteiger partial charge in [0.15, 0.2) is 0 Å². The van der Waals surface area contributed by atoms with Crippen LogP contribution >= 0.6 is 0 Å². The molecule has 0 atom stereocenters. The van der Waals surface area contributed by atoms with Crippen LogP contribution in [-0.2, 0) is 0 Å². The average Bonchev–Trinajstić information content (AvgIpc) is 2.34. The number of hydrogen-bond donors (Lipinski definition) is 1. The second kappa shape index (κ2) is 3.09. The third kappa shape index (κ3) is 1.34. The van der Waals surface area contributed by atoms with E-state index in [-0.39, 0.29) is 6.01 Å². The van der Waals surface area contributed by atoms with E-state index in [2.05, 4.69) is 10.2 Å². The van der Waals surface area contributed by atoms with Gasteiger partial charge in [0.05, 0.1) is 7.11 Å². The molecular weight excluding hydrogens is 150 g/mol. The number of H-pyrrole nitrogens is 1. The van der Waals surface area contributed by atoms with E-state index in [1.165, 1.54) is 7.11 Å². The Labute approximate surface area is 62.7 Å². The van der Waals surface area contributed by atoms with Crippen LogP contribution in [0.4, 0.5) is 0 Å². The molecule has 0 aliphatic rings. The molecule has 1 N–H and O–H groups in total. The molecule has 1 rings (SSSR count). The summed E-state index contributed by atoms with van der Waals surface area (Å²) in [4.78, 5) is 15.7. The molecule has 1 aromatic rings. The summed E-state index contributed by atoms with van der Waals surface area (Å²) in [7, 11) is 1.41. The first-order valence-corrected chi connectivity index (χ1v) is 3.14. The SMILES string of the molecule is CCOn1c(OC)n[nH]c1=O. The molecule has 6 heteroatoms. The Morgan fingerprint density at radius 2 is 2.45 bits per heavy atom. The van der Waals surface area contributed by atoms with Crippen LogP contribution in [0.3, 0.4) is 0 Å². The molecule has 1 aromatic heterocycles. The van der Waals surface area contributed by atoms with Crippen LogP contribution in [0, 0.1) is 0 Å². The Kier molecular flexibility index (Phi) is 2.15. The second-order valence-corrected chi connectivity index (χ2v) is 1.73. The molecule has 0 amide bonds. The molecule has 11 heavy (non-hydrogen) atoms. The summed E-state index contributed by atoms with van der Waals surface area (Å²) in [5, 5.41) is 5.71. The van der Waals surface area contributed by atoms with Crippen molar-refractivity contribution in [3.63, 3.8) is 0 Å². The van der Waals surface area contributed by atoms with Crippen molar-refractivity contribution in [2.45, 2.75) is 6.92 Å². The first-order valence-electron chi connectivity index (χ1n) is 3.14. The molecule has 0 saturated heterocycles. The van der Waals surface area contributed by atoms with Crippen molar-refractivity contribution in [1.29, 1.82) is 0 Å². The van der Waals surface area contributed by atoms with E-state index in [0.29, 0.717) is 6.61 Å². The molecule has 0 aromatic carbocycles. The maximum absolute atomic E-state index is 10.8. The lowest BCUT2D eigenvalue weighted by atomic mass is 10.9. The molecule has 0 fully saturated rings. The molecule has 62 valence electrons. The molecule has 0 radical (unpaired) electrons. The summed E-state index contributed by atoms with van der Waals surface area (Å²) in [5.74, 6) is 0. The van der Waals surface area contributed by atoms with Crippen molar-refractivity contribution in [2.75, 3.05) is 13.7 Å². The van der Waals surface area contributed by atoms with E-state index < -0.39 is 5.69 Å². The summed E-state index contributed by atoms with van der Waals surface area (Å²) in [5.41, 5.74) is -0.441. The first kappa shape index (κ1) is 7.64. The molecule has 0 saturated carbocycles. The lowest BCUT2D eigenvalue weighted by Crippen LogP contribution is -2.24. The van der Waals surface area contributed by atoms with Crippen molar-refractivity contribution >= 4 is 0 Å². The van der Waals surface area contributed by atoms with E-state index in [1.54, 1.807) is 6.92 Å². The Balaban J connectivity index is 2.97. The number of methoxy groups -OCH3 is 1. The monoisotopic (exact) mass is 159 g/mol. The second-order valence-electron chi connectivity index (χ2n) is 1.73. The van der Waals surface area contributed by atoms with Gasteiger partial charge in [-0.25, -0.2) is 9.89 Å². The van der Waals surface area contributed by atoms with Crippen molar-refractivity contribution in [3.05, 3.63) is 10.5 Å². The van der Waals surface area contributed by atoms with Crippen LogP contribution < -0.4 is 15.3 Å². The van der Waals surface area contributed by atoms with Crippen LogP contribution in [-0.4, -0.2) is 28.6 Å². The van der Waals surface area contributed by atoms with Gasteiger partial charge in [-0.15, -0.1) is 5.10 Å². The normalized spacial score (nSPS) is 9.64. The molecular formula is C5H9N3O3. The number of nitrogens with one attached hydrogen (secondary N) is 1. The van der Waals surface area contributed by atoms with E-state index in [1.807, 2.05) is 0 Å². The standard InChI is InChI=1S/C5H9N3O3/c1-3-11-8-4(9)6-7-5(8)10-2/h3H2,1-2H3,(H,6,9). The van der Waals surface area contributed by atoms with Gasteiger partial charge in [0.1, 0.15) is 6.61 Å². The number of aromatic nitrogens is 3. The topological polar surface area (TPSA) is 69.1 Å². The quantitative estimate of drug-likeness (QED) is 0.616. The van der Waals surface area contributed by atoms with E-state index in [0.717, 1.165) is 4.73 Å². The van der Waals surface area contributed by atoms with Crippen molar-refractivity contribution in [1.82, 2.24) is 14.9 Å². The van der Waals surface area contributed by atoms with Gasteiger partial charge in [0.2, 0.25) is 0 Å². The summed E-state index contributed by atoms with van der Waals surface area (Å²) < 4.78 is 5.67. The lowest BCUT2D eigenvalue weighted by Gasteiger charge is -2.01. The minimum Gasteiger partial charge on any atom is -0.465 e. The van der Waals surface area contributed by atoms with Gasteiger partial charge in [0.25, 0.3) is 0 Å². The van der Waals surface area contributed by atoms with Gasteiger partial charge in [-0.3, -0.25) is 0 Å². The minimum atomic E-state index is -0.441. The Morgan fingerprint density at radius 1 is 1.73 bits per heavy atom. The zero-order valence-corrected chi connectivity index (χ0v) is 6.33. The molecule has 0 bridgehead atoms. The Morgan fingerprint density at radius 3 is 3.00 bits per heavy atom. The van der Waals surface area contributed by atoms with Crippen molar-refractivity contribution < 1.29 is 9.57 Å². The highest BCUT2D eigenvalue weighted by molar-refractivity contribution is 4.88. The van der Waals surface area contributed by atoms with Gasteiger partial charge >= 0.3 is 11.7 Å². The van der Waals surface area contributed by atoms with Gasteiger partial charge in [-0.05, 0) is 6.92 Å². The molecule has 0 aliphatic carbocycles. The van der Waals surface area contributed by atoms with Crippen molar-refractivity contribution in [3.8, 4) is 6.01 Å². The number of hydrogen-bond acceptors (Lipinski definition) is 4. The van der Waals surface area contributed by atoms with Crippen molar-refractivity contribution in [2.24, 2.45) is 0 Å². The number of nitrogens with zero attached hydrogens (tertiary/aromatic N) is 2. The highest BCUT2D eigenvalue weighted by atomic mass is 16.7. The summed E-state index contributed by atoms with van der Waals surface area (Å²) in [6, 6.07) is 0.122. The average molecular weight is 159 g/mol. The fourth-order valence-corrected chi connectivity index (χ4v) is 0.645. The largest absolute Gasteiger partial charge is 0.465 e. The van der Waals surface area contributed by atoms with Gasteiger partial charge in [-0.2, -0.15) is 0 Å². The molecule has 6 nitrogen and oxygen atoms in total. The van der Waals surface area contributed by atoms with Gasteiger partial charge < -0.3 is 9.57 Å². The number of rotatable bonds is 3. The van der Waals surface area contributed by atoms with Crippen LogP contribution in [0.2, 0.25) is 0 Å². The van der Waals surface area contributed by atoms with Crippen LogP contribution in [0.15, 0.2) is 4.79 Å². The highest BCUT2D eigenvalue weighted by Crippen LogP contribution is 1.95. The third-order valence-corrected chi connectivity index (χ3v) is 1.05. The molecule has 0 aliphatic heterocycles. The summed E-state index contributed by atoms with van der Waals surface area (Å²) in [6.45, 7) is 2.15. The maximum atomic E-state index is 10.8. The van der Waals surface area contributed by atoms with Gasteiger partial charge in [0, 0.05) is 0 Å².